The Labute approximate surface area is 173 Å². The molecule has 0 spiro atoms. The summed E-state index contributed by atoms with van der Waals surface area (Å²) < 4.78 is 5.25. The van der Waals surface area contributed by atoms with E-state index in [1.807, 2.05) is 42.5 Å². The van der Waals surface area contributed by atoms with Gasteiger partial charge >= 0.3 is 0 Å². The minimum atomic E-state index is 0.0823. The van der Waals surface area contributed by atoms with Crippen LogP contribution in [0.15, 0.2) is 60.0 Å². The van der Waals surface area contributed by atoms with Crippen LogP contribution in [0.5, 0.6) is 5.75 Å². The third-order valence-corrected chi connectivity index (χ3v) is 6.53. The van der Waals surface area contributed by atoms with E-state index >= 15 is 0 Å². The molecule has 0 saturated carbocycles. The maximum Gasteiger partial charge on any atom is 0.167 e. The van der Waals surface area contributed by atoms with Gasteiger partial charge in [0.05, 0.1) is 24.1 Å². The zero-order valence-electron chi connectivity index (χ0n) is 16.0. The van der Waals surface area contributed by atoms with Gasteiger partial charge in [0.1, 0.15) is 10.6 Å². The molecule has 2 N–H and O–H groups in total. The molecule has 1 aliphatic rings. The molecule has 0 fully saturated rings. The molecule has 0 radical (unpaired) electrons. The van der Waals surface area contributed by atoms with E-state index in [2.05, 4.69) is 17.5 Å². The number of ether oxygens (including phenoxy) is 1. The number of hydrogen-bond donors (Lipinski definition) is 1. The Morgan fingerprint density at radius 2 is 1.83 bits per heavy atom. The molecule has 2 aromatic heterocycles. The molecule has 1 aliphatic carbocycles. The number of pyridine rings is 1. The van der Waals surface area contributed by atoms with Crippen LogP contribution in [0.1, 0.15) is 34.0 Å². The van der Waals surface area contributed by atoms with Gasteiger partial charge in [0.25, 0.3) is 0 Å². The summed E-state index contributed by atoms with van der Waals surface area (Å²) in [5, 5.41) is 2.95. The SMILES string of the molecule is COc1ccc(-c2csc3nc4c(c(N)c23)C(=O)CC(c2ccccc2)C4)cc1. The standard InChI is InChI=1S/C24H20N2O2S/c1-28-17-9-7-15(8-10-17)18-13-29-24-21(18)23(25)22-19(26-24)11-16(12-20(22)27)14-5-3-2-4-6-14/h2-10,13,16H,11-12H2,1H3,(H2,25,26). The van der Waals surface area contributed by atoms with Crippen molar-refractivity contribution in [2.24, 2.45) is 0 Å². The summed E-state index contributed by atoms with van der Waals surface area (Å²) >= 11 is 1.57. The highest BCUT2D eigenvalue weighted by atomic mass is 32.1. The molecule has 1 unspecified atom stereocenters. The van der Waals surface area contributed by atoms with E-state index in [1.165, 1.54) is 5.56 Å². The Hall–Kier alpha value is -3.18. The normalized spacial score (nSPS) is 16.0. The van der Waals surface area contributed by atoms with Crippen molar-refractivity contribution in [2.45, 2.75) is 18.8 Å². The van der Waals surface area contributed by atoms with E-state index < -0.39 is 0 Å². The topological polar surface area (TPSA) is 65.2 Å². The lowest BCUT2D eigenvalue weighted by Crippen LogP contribution is -2.21. The number of hydrogen-bond acceptors (Lipinski definition) is 5. The van der Waals surface area contributed by atoms with Gasteiger partial charge in [-0.15, -0.1) is 11.3 Å². The van der Waals surface area contributed by atoms with Gasteiger partial charge in [-0.05, 0) is 35.6 Å². The molecule has 0 saturated heterocycles. The first-order valence-corrected chi connectivity index (χ1v) is 10.5. The summed E-state index contributed by atoms with van der Waals surface area (Å²) in [7, 11) is 1.65. The third-order valence-electron chi connectivity index (χ3n) is 5.66. The van der Waals surface area contributed by atoms with E-state index in [-0.39, 0.29) is 11.7 Å². The highest BCUT2D eigenvalue weighted by Crippen LogP contribution is 2.42. The number of thiophene rings is 1. The largest absolute Gasteiger partial charge is 0.497 e. The van der Waals surface area contributed by atoms with Gasteiger partial charge in [-0.25, -0.2) is 4.98 Å². The van der Waals surface area contributed by atoms with Crippen LogP contribution in [0.4, 0.5) is 5.69 Å². The van der Waals surface area contributed by atoms with Gasteiger partial charge in [0.15, 0.2) is 5.78 Å². The number of aromatic nitrogens is 1. The van der Waals surface area contributed by atoms with Gasteiger partial charge in [0, 0.05) is 22.8 Å². The summed E-state index contributed by atoms with van der Waals surface area (Å²) in [5.41, 5.74) is 11.8. The van der Waals surface area contributed by atoms with Crippen molar-refractivity contribution < 1.29 is 9.53 Å². The average Bonchev–Trinajstić information content (AvgIpc) is 3.18. The number of nitrogen functional groups attached to an aromatic ring is 1. The fourth-order valence-electron chi connectivity index (χ4n) is 4.18. The molecule has 2 aromatic carbocycles. The lowest BCUT2D eigenvalue weighted by Gasteiger charge is -2.24. The Bertz CT molecular complexity index is 1210. The third kappa shape index (κ3) is 2.98. The van der Waals surface area contributed by atoms with Gasteiger partial charge < -0.3 is 10.5 Å². The fraction of sp³-hybridized carbons (Fsp3) is 0.167. The lowest BCUT2D eigenvalue weighted by atomic mass is 9.80. The van der Waals surface area contributed by atoms with Crippen LogP contribution in [-0.4, -0.2) is 17.9 Å². The second-order valence-electron chi connectivity index (χ2n) is 7.34. The molecule has 0 bridgehead atoms. The number of fused-ring (bicyclic) bond motifs is 2. The first-order chi connectivity index (χ1) is 14.2. The highest BCUT2D eigenvalue weighted by molar-refractivity contribution is 7.17. The number of nitrogens with two attached hydrogens (primary N) is 1. The maximum atomic E-state index is 13.1. The first kappa shape index (κ1) is 17.9. The predicted molar refractivity (Wildman–Crippen MR) is 118 cm³/mol. The molecule has 0 aliphatic heterocycles. The van der Waals surface area contributed by atoms with Crippen molar-refractivity contribution in [3.63, 3.8) is 0 Å². The van der Waals surface area contributed by atoms with Crippen molar-refractivity contribution in [1.82, 2.24) is 4.98 Å². The molecule has 0 amide bonds. The number of rotatable bonds is 3. The van der Waals surface area contributed by atoms with E-state index in [4.69, 9.17) is 15.5 Å². The fourth-order valence-corrected chi connectivity index (χ4v) is 5.17. The maximum absolute atomic E-state index is 13.1. The minimum absolute atomic E-state index is 0.0823. The summed E-state index contributed by atoms with van der Waals surface area (Å²) in [6, 6.07) is 18.1. The molecule has 144 valence electrons. The zero-order valence-corrected chi connectivity index (χ0v) is 16.8. The van der Waals surface area contributed by atoms with Crippen LogP contribution in [0.25, 0.3) is 21.3 Å². The summed E-state index contributed by atoms with van der Waals surface area (Å²) in [6.07, 6.45) is 1.21. The summed E-state index contributed by atoms with van der Waals surface area (Å²) in [5.74, 6) is 1.04. The smallest absolute Gasteiger partial charge is 0.167 e. The predicted octanol–water partition coefficient (Wildman–Crippen LogP) is 5.47. The number of carbonyl (C=O) groups is 1. The van der Waals surface area contributed by atoms with Crippen LogP contribution in [0.2, 0.25) is 0 Å². The van der Waals surface area contributed by atoms with Gasteiger partial charge in [-0.3, -0.25) is 4.79 Å². The summed E-state index contributed by atoms with van der Waals surface area (Å²) in [4.78, 5) is 18.8. The highest BCUT2D eigenvalue weighted by Gasteiger charge is 2.31. The van der Waals surface area contributed by atoms with E-state index in [9.17, 15) is 4.79 Å². The average molecular weight is 401 g/mol. The molecular weight excluding hydrogens is 380 g/mol. The Kier molecular flexibility index (Phi) is 4.32. The van der Waals surface area contributed by atoms with Gasteiger partial charge in [0.2, 0.25) is 0 Å². The van der Waals surface area contributed by atoms with Crippen LogP contribution in [0, 0.1) is 0 Å². The van der Waals surface area contributed by atoms with Crippen LogP contribution < -0.4 is 10.5 Å². The van der Waals surface area contributed by atoms with Crippen molar-refractivity contribution in [2.75, 3.05) is 12.8 Å². The Balaban J connectivity index is 1.61. The number of benzene rings is 2. The zero-order chi connectivity index (χ0) is 20.0. The molecule has 4 aromatic rings. The first-order valence-electron chi connectivity index (χ1n) is 9.58. The monoisotopic (exact) mass is 400 g/mol. The minimum Gasteiger partial charge on any atom is -0.497 e. The molecule has 1 atom stereocenters. The van der Waals surface area contributed by atoms with E-state index in [0.717, 1.165) is 39.2 Å². The van der Waals surface area contributed by atoms with Crippen molar-refractivity contribution >= 4 is 33.0 Å². The van der Waals surface area contributed by atoms with Crippen molar-refractivity contribution in [3.05, 3.63) is 76.8 Å². The van der Waals surface area contributed by atoms with E-state index in [1.54, 1.807) is 18.4 Å². The molecule has 4 nitrogen and oxygen atoms in total. The van der Waals surface area contributed by atoms with E-state index in [0.29, 0.717) is 17.7 Å². The Morgan fingerprint density at radius 3 is 2.55 bits per heavy atom. The van der Waals surface area contributed by atoms with Crippen molar-refractivity contribution in [1.29, 1.82) is 0 Å². The molecule has 5 heteroatoms. The summed E-state index contributed by atoms with van der Waals surface area (Å²) in [6.45, 7) is 0. The molecule has 29 heavy (non-hydrogen) atoms. The molecular formula is C24H20N2O2S. The van der Waals surface area contributed by atoms with Crippen LogP contribution in [-0.2, 0) is 6.42 Å². The van der Waals surface area contributed by atoms with Gasteiger partial charge in [-0.2, -0.15) is 0 Å². The second kappa shape index (κ2) is 7.01. The lowest BCUT2D eigenvalue weighted by molar-refractivity contribution is 0.0964. The Morgan fingerprint density at radius 1 is 1.07 bits per heavy atom. The van der Waals surface area contributed by atoms with Gasteiger partial charge in [-0.1, -0.05) is 42.5 Å². The quantitative estimate of drug-likeness (QED) is 0.495. The molecule has 5 rings (SSSR count). The number of methoxy groups -OCH3 is 1. The number of anilines is 1. The van der Waals surface area contributed by atoms with Crippen LogP contribution in [0.3, 0.4) is 0 Å². The molecule has 2 heterocycles. The number of nitrogens with zero attached hydrogens (tertiary/aromatic N) is 1. The second-order valence-corrected chi connectivity index (χ2v) is 8.20. The number of Topliss-reactive ketones (excluding diaryl/α,β-unsaturated/α-hetero) is 1. The number of carbonyl (C=O) groups excluding carboxylic acids is 1. The van der Waals surface area contributed by atoms with Crippen LogP contribution >= 0.6 is 11.3 Å². The van der Waals surface area contributed by atoms with Crippen molar-refractivity contribution in [3.8, 4) is 16.9 Å². The number of ketones is 1.